The van der Waals surface area contributed by atoms with E-state index in [1.165, 1.54) is 27.8 Å². The molecule has 0 N–H and O–H groups in total. The van der Waals surface area contributed by atoms with Crippen molar-refractivity contribution in [3.8, 4) is 39.6 Å². The fourth-order valence-electron chi connectivity index (χ4n) is 6.57. The Bertz CT molecular complexity index is 2030. The van der Waals surface area contributed by atoms with E-state index in [0.29, 0.717) is 5.56 Å². The minimum Gasteiger partial charge on any atom is -0.454 e. The van der Waals surface area contributed by atoms with Crippen LogP contribution in [0.3, 0.4) is 0 Å². The number of nitrogens with zero attached hydrogens (tertiary/aromatic N) is 2. The van der Waals surface area contributed by atoms with E-state index < -0.39 is 0 Å². The van der Waals surface area contributed by atoms with E-state index >= 15 is 0 Å². The molecule has 0 fully saturated rings. The first-order valence-corrected chi connectivity index (χ1v) is 13.4. The van der Waals surface area contributed by atoms with Gasteiger partial charge < -0.3 is 4.42 Å². The average Bonchev–Trinajstić information content (AvgIpc) is 3.41. The van der Waals surface area contributed by atoms with Crippen LogP contribution in [0.15, 0.2) is 89.5 Å². The van der Waals surface area contributed by atoms with Crippen LogP contribution in [0, 0.1) is 25.2 Å². The van der Waals surface area contributed by atoms with Crippen LogP contribution in [0.4, 0.5) is 0 Å². The maximum atomic E-state index is 10.2. The van der Waals surface area contributed by atoms with Gasteiger partial charge in [0, 0.05) is 33.4 Å². The summed E-state index contributed by atoms with van der Waals surface area (Å²) in [6.07, 6.45) is 2.14. The van der Waals surface area contributed by atoms with E-state index in [1.807, 2.05) is 12.1 Å². The van der Waals surface area contributed by atoms with Gasteiger partial charge in [0.1, 0.15) is 18.2 Å². The molecule has 0 unspecified atom stereocenters. The van der Waals surface area contributed by atoms with Crippen LogP contribution < -0.4 is 4.57 Å². The zero-order valence-electron chi connectivity index (χ0n) is 22.9. The molecule has 2 aromatic heterocycles. The second-order valence-electron chi connectivity index (χ2n) is 11.3. The van der Waals surface area contributed by atoms with Crippen molar-refractivity contribution in [2.45, 2.75) is 33.1 Å². The molecule has 7 rings (SSSR count). The number of aryl methyl sites for hydroxylation is 3. The molecule has 0 saturated heterocycles. The summed E-state index contributed by atoms with van der Waals surface area (Å²) in [7, 11) is 2.08. The third kappa shape index (κ3) is 3.25. The summed E-state index contributed by atoms with van der Waals surface area (Å²) in [6.45, 7) is 8.80. The lowest BCUT2D eigenvalue weighted by atomic mass is 9.81. The smallest absolute Gasteiger partial charge is 0.216 e. The van der Waals surface area contributed by atoms with Crippen LogP contribution in [-0.2, 0) is 12.5 Å². The highest BCUT2D eigenvalue weighted by Crippen LogP contribution is 2.50. The molecular formula is C36H29N2O+. The Kier molecular flexibility index (Phi) is 4.90. The van der Waals surface area contributed by atoms with Crippen molar-refractivity contribution in [1.82, 2.24) is 0 Å². The molecule has 3 heteroatoms. The largest absolute Gasteiger partial charge is 0.454 e. The standard InChI is InChI=1S/C36H29N2O/c1-21-10-17-31(38(5)20-21)32-22(2)11-14-27-28-16-13-24(19-37)33(35(28)39-34(27)32)23-12-15-26-25-8-6-7-9-29(25)36(3,4)30(26)18-23/h6-18,20H,1-5H3/q+1. The molecule has 2 heterocycles. The number of rotatable bonds is 2. The van der Waals surface area contributed by atoms with Gasteiger partial charge in [-0.15, -0.1) is 0 Å². The fourth-order valence-corrected chi connectivity index (χ4v) is 6.57. The van der Waals surface area contributed by atoms with Gasteiger partial charge in [0.05, 0.1) is 17.2 Å². The average molecular weight is 506 g/mol. The Morgan fingerprint density at radius 2 is 1.49 bits per heavy atom. The number of hydrogen-bond donors (Lipinski definition) is 0. The van der Waals surface area contributed by atoms with Crippen LogP contribution >= 0.6 is 0 Å². The van der Waals surface area contributed by atoms with Gasteiger partial charge in [-0.2, -0.15) is 5.26 Å². The second kappa shape index (κ2) is 8.16. The molecule has 0 bridgehead atoms. The molecule has 4 aromatic carbocycles. The molecular weight excluding hydrogens is 476 g/mol. The van der Waals surface area contributed by atoms with Gasteiger partial charge in [-0.05, 0) is 71.5 Å². The Hall–Kier alpha value is -4.68. The maximum Gasteiger partial charge on any atom is 0.216 e. The van der Waals surface area contributed by atoms with E-state index in [-0.39, 0.29) is 5.41 Å². The summed E-state index contributed by atoms with van der Waals surface area (Å²) in [5.41, 5.74) is 13.7. The first-order chi connectivity index (χ1) is 18.8. The van der Waals surface area contributed by atoms with Crippen molar-refractivity contribution in [2.75, 3.05) is 0 Å². The van der Waals surface area contributed by atoms with Gasteiger partial charge in [0.25, 0.3) is 0 Å². The zero-order chi connectivity index (χ0) is 27.1. The molecule has 6 aromatic rings. The van der Waals surface area contributed by atoms with E-state index in [1.54, 1.807) is 0 Å². The molecule has 0 aliphatic heterocycles. The van der Waals surface area contributed by atoms with E-state index in [0.717, 1.165) is 49.9 Å². The summed E-state index contributed by atoms with van der Waals surface area (Å²) >= 11 is 0. The van der Waals surface area contributed by atoms with Crippen molar-refractivity contribution in [3.05, 3.63) is 113 Å². The van der Waals surface area contributed by atoms with Crippen LogP contribution in [0.25, 0.3) is 55.4 Å². The van der Waals surface area contributed by atoms with Crippen molar-refractivity contribution < 1.29 is 8.98 Å². The van der Waals surface area contributed by atoms with Crippen molar-refractivity contribution in [1.29, 1.82) is 5.26 Å². The maximum absolute atomic E-state index is 10.2. The number of aromatic nitrogens is 1. The van der Waals surface area contributed by atoms with Gasteiger partial charge in [-0.3, -0.25) is 0 Å². The molecule has 188 valence electrons. The number of fused-ring (bicyclic) bond motifs is 6. The molecule has 39 heavy (non-hydrogen) atoms. The monoisotopic (exact) mass is 505 g/mol. The predicted octanol–water partition coefficient (Wildman–Crippen LogP) is 8.54. The quantitative estimate of drug-likeness (QED) is 0.221. The van der Waals surface area contributed by atoms with Crippen LogP contribution in [0.2, 0.25) is 0 Å². The first-order valence-electron chi connectivity index (χ1n) is 13.4. The highest BCUT2D eigenvalue weighted by Gasteiger charge is 2.35. The van der Waals surface area contributed by atoms with Gasteiger partial charge in [-0.1, -0.05) is 62.4 Å². The Morgan fingerprint density at radius 3 is 2.26 bits per heavy atom. The summed E-state index contributed by atoms with van der Waals surface area (Å²) < 4.78 is 8.96. The number of nitriles is 1. The fraction of sp³-hybridized carbons (Fsp3) is 0.167. The first kappa shape index (κ1) is 23.4. The van der Waals surface area contributed by atoms with E-state index in [2.05, 4.69) is 118 Å². The summed E-state index contributed by atoms with van der Waals surface area (Å²) in [5.74, 6) is 0. The molecule has 0 spiro atoms. The number of hydrogen-bond acceptors (Lipinski definition) is 2. The van der Waals surface area contributed by atoms with Crippen molar-refractivity contribution in [2.24, 2.45) is 7.05 Å². The van der Waals surface area contributed by atoms with Gasteiger partial charge in [0.15, 0.2) is 6.20 Å². The normalized spacial score (nSPS) is 13.4. The van der Waals surface area contributed by atoms with E-state index in [9.17, 15) is 5.26 Å². The SMILES string of the molecule is Cc1ccc(-c2c(C)ccc3c2oc2c(-c4ccc5c(c4)C(C)(C)c4ccccc4-5)c(C#N)ccc23)[n+](C)c1. The van der Waals surface area contributed by atoms with Gasteiger partial charge in [-0.25, -0.2) is 4.57 Å². The second-order valence-corrected chi connectivity index (χ2v) is 11.3. The summed E-state index contributed by atoms with van der Waals surface area (Å²) in [5, 5.41) is 12.3. The number of benzene rings is 4. The lowest BCUT2D eigenvalue weighted by molar-refractivity contribution is -0.660. The van der Waals surface area contributed by atoms with E-state index in [4.69, 9.17) is 4.42 Å². The van der Waals surface area contributed by atoms with Crippen LogP contribution in [0.5, 0.6) is 0 Å². The number of pyridine rings is 1. The minimum absolute atomic E-state index is 0.124. The van der Waals surface area contributed by atoms with Crippen molar-refractivity contribution >= 4 is 21.9 Å². The molecule has 1 aliphatic rings. The van der Waals surface area contributed by atoms with Gasteiger partial charge >= 0.3 is 0 Å². The number of furan rings is 1. The Balaban J connectivity index is 1.52. The molecule has 0 radical (unpaired) electrons. The third-order valence-corrected chi connectivity index (χ3v) is 8.55. The lowest BCUT2D eigenvalue weighted by Crippen LogP contribution is -2.31. The van der Waals surface area contributed by atoms with Gasteiger partial charge in [0.2, 0.25) is 5.69 Å². The highest BCUT2D eigenvalue weighted by atomic mass is 16.3. The summed E-state index contributed by atoms with van der Waals surface area (Å²) in [4.78, 5) is 0. The topological polar surface area (TPSA) is 40.8 Å². The third-order valence-electron chi connectivity index (χ3n) is 8.55. The summed E-state index contributed by atoms with van der Waals surface area (Å²) in [6, 6.07) is 30.3. The van der Waals surface area contributed by atoms with Crippen LogP contribution in [-0.4, -0.2) is 0 Å². The molecule has 0 amide bonds. The molecule has 3 nitrogen and oxygen atoms in total. The Labute approximate surface area is 228 Å². The zero-order valence-corrected chi connectivity index (χ0v) is 22.9. The lowest BCUT2D eigenvalue weighted by Gasteiger charge is -2.22. The molecule has 0 saturated carbocycles. The predicted molar refractivity (Wildman–Crippen MR) is 158 cm³/mol. The molecule has 0 atom stereocenters. The highest BCUT2D eigenvalue weighted by molar-refractivity contribution is 6.14. The van der Waals surface area contributed by atoms with Crippen molar-refractivity contribution in [3.63, 3.8) is 0 Å². The molecule has 1 aliphatic carbocycles. The minimum atomic E-state index is -0.124. The Morgan fingerprint density at radius 1 is 0.769 bits per heavy atom. The van der Waals surface area contributed by atoms with Crippen LogP contribution in [0.1, 0.15) is 41.7 Å².